The lowest BCUT2D eigenvalue weighted by Gasteiger charge is -2.19. The zero-order valence-electron chi connectivity index (χ0n) is 10.9. The van der Waals surface area contributed by atoms with Gasteiger partial charge in [-0.3, -0.25) is 4.79 Å². The van der Waals surface area contributed by atoms with Gasteiger partial charge in [-0.1, -0.05) is 25.4 Å². The second kappa shape index (κ2) is 5.19. The topological polar surface area (TPSA) is 35.5 Å². The molecule has 98 valence electrons. The van der Waals surface area contributed by atoms with E-state index < -0.39 is 0 Å². The maximum Gasteiger partial charge on any atom is 0.180 e. The quantitative estimate of drug-likeness (QED) is 0.765. The van der Waals surface area contributed by atoms with E-state index in [1.54, 1.807) is 13.0 Å². The van der Waals surface area contributed by atoms with Crippen LogP contribution in [-0.2, 0) is 0 Å². The summed E-state index contributed by atoms with van der Waals surface area (Å²) in [6.07, 6.45) is 0.817. The van der Waals surface area contributed by atoms with Crippen molar-refractivity contribution in [2.45, 2.75) is 33.1 Å². The highest BCUT2D eigenvalue weighted by Crippen LogP contribution is 2.44. The monoisotopic (exact) mass is 268 g/mol. The molecule has 2 rings (SSSR count). The molecule has 0 saturated heterocycles. The SMILES string of the molecule is CC(=O)c1cc(Cl)c2c(c1C(C)C)OCCCO2. The minimum Gasteiger partial charge on any atom is -0.489 e. The molecule has 1 aromatic rings. The molecule has 0 radical (unpaired) electrons. The van der Waals surface area contributed by atoms with Gasteiger partial charge < -0.3 is 9.47 Å². The zero-order chi connectivity index (χ0) is 13.3. The van der Waals surface area contributed by atoms with Crippen LogP contribution < -0.4 is 9.47 Å². The summed E-state index contributed by atoms with van der Waals surface area (Å²) in [5, 5.41) is 0.446. The Bertz CT molecular complexity index is 480. The Morgan fingerprint density at radius 1 is 1.28 bits per heavy atom. The van der Waals surface area contributed by atoms with Crippen LogP contribution in [-0.4, -0.2) is 19.0 Å². The van der Waals surface area contributed by atoms with Gasteiger partial charge in [0.15, 0.2) is 17.3 Å². The lowest BCUT2D eigenvalue weighted by Crippen LogP contribution is -2.06. The first-order valence-electron chi connectivity index (χ1n) is 6.15. The van der Waals surface area contributed by atoms with E-state index >= 15 is 0 Å². The van der Waals surface area contributed by atoms with E-state index in [2.05, 4.69) is 0 Å². The molecule has 0 N–H and O–H groups in total. The molecule has 1 aliphatic heterocycles. The van der Waals surface area contributed by atoms with E-state index in [0.29, 0.717) is 35.3 Å². The van der Waals surface area contributed by atoms with E-state index in [1.165, 1.54) is 0 Å². The summed E-state index contributed by atoms with van der Waals surface area (Å²) < 4.78 is 11.4. The number of benzene rings is 1. The molecule has 4 heteroatoms. The first-order chi connectivity index (χ1) is 8.52. The third-order valence-corrected chi connectivity index (χ3v) is 3.25. The average molecular weight is 269 g/mol. The third-order valence-electron chi connectivity index (χ3n) is 2.97. The zero-order valence-corrected chi connectivity index (χ0v) is 11.6. The summed E-state index contributed by atoms with van der Waals surface area (Å²) in [6.45, 7) is 6.78. The Morgan fingerprint density at radius 3 is 2.44 bits per heavy atom. The number of hydrogen-bond donors (Lipinski definition) is 0. The minimum atomic E-state index is -0.00348. The lowest BCUT2D eigenvalue weighted by molar-refractivity contribution is 0.101. The van der Waals surface area contributed by atoms with Gasteiger partial charge in [0.2, 0.25) is 0 Å². The highest BCUT2D eigenvalue weighted by Gasteiger charge is 2.25. The van der Waals surface area contributed by atoms with Gasteiger partial charge in [-0.15, -0.1) is 0 Å². The van der Waals surface area contributed by atoms with Crippen molar-refractivity contribution in [3.05, 3.63) is 22.2 Å². The molecule has 3 nitrogen and oxygen atoms in total. The molecule has 18 heavy (non-hydrogen) atoms. The molecule has 0 fully saturated rings. The number of fused-ring (bicyclic) bond motifs is 1. The van der Waals surface area contributed by atoms with Crippen LogP contribution in [0.1, 0.15) is 49.0 Å². The lowest BCUT2D eigenvalue weighted by atomic mass is 9.93. The van der Waals surface area contributed by atoms with Crippen molar-refractivity contribution in [3.63, 3.8) is 0 Å². The molecule has 0 amide bonds. The van der Waals surface area contributed by atoms with Crippen molar-refractivity contribution in [2.24, 2.45) is 0 Å². The van der Waals surface area contributed by atoms with Crippen molar-refractivity contribution in [1.82, 2.24) is 0 Å². The highest BCUT2D eigenvalue weighted by molar-refractivity contribution is 6.32. The molecule has 0 aliphatic carbocycles. The van der Waals surface area contributed by atoms with Crippen molar-refractivity contribution < 1.29 is 14.3 Å². The fraction of sp³-hybridized carbons (Fsp3) is 0.500. The smallest absolute Gasteiger partial charge is 0.180 e. The van der Waals surface area contributed by atoms with Gasteiger partial charge in [0.05, 0.1) is 18.2 Å². The number of hydrogen-bond acceptors (Lipinski definition) is 3. The molecule has 0 aromatic heterocycles. The van der Waals surface area contributed by atoms with Crippen LogP contribution in [0.4, 0.5) is 0 Å². The molecule has 0 atom stereocenters. The number of carbonyl (C=O) groups is 1. The molecule has 0 unspecified atom stereocenters. The van der Waals surface area contributed by atoms with Crippen LogP contribution in [0.25, 0.3) is 0 Å². The number of halogens is 1. The molecule has 1 aliphatic rings. The average Bonchev–Trinajstić information content (AvgIpc) is 2.53. The van der Waals surface area contributed by atoms with Crippen LogP contribution in [0.15, 0.2) is 6.07 Å². The molecule has 0 spiro atoms. The van der Waals surface area contributed by atoms with Gasteiger partial charge in [0.1, 0.15) is 0 Å². The molecule has 1 aromatic carbocycles. The van der Waals surface area contributed by atoms with E-state index in [0.717, 1.165) is 12.0 Å². The minimum absolute atomic E-state index is 0.00348. The van der Waals surface area contributed by atoms with Crippen LogP contribution in [0.2, 0.25) is 5.02 Å². The molecule has 0 saturated carbocycles. The second-order valence-electron chi connectivity index (χ2n) is 4.74. The van der Waals surface area contributed by atoms with Crippen LogP contribution in [0.5, 0.6) is 11.5 Å². The molecule has 1 heterocycles. The van der Waals surface area contributed by atoms with Crippen LogP contribution in [0, 0.1) is 0 Å². The number of ether oxygens (including phenoxy) is 2. The summed E-state index contributed by atoms with van der Waals surface area (Å²) in [7, 11) is 0. The van der Waals surface area contributed by atoms with E-state index in [1.807, 2.05) is 13.8 Å². The number of Topliss-reactive ketones (excluding diaryl/α,β-unsaturated/α-hetero) is 1. The summed E-state index contributed by atoms with van der Waals surface area (Å²) in [4.78, 5) is 11.7. The van der Waals surface area contributed by atoms with Gasteiger partial charge in [-0.05, 0) is 18.9 Å². The van der Waals surface area contributed by atoms with Gasteiger partial charge in [0.25, 0.3) is 0 Å². The predicted octanol–water partition coefficient (Wildman–Crippen LogP) is 3.83. The Balaban J connectivity index is 2.69. The Kier molecular flexibility index (Phi) is 3.81. The number of ketones is 1. The fourth-order valence-electron chi connectivity index (χ4n) is 2.17. The standard InChI is InChI=1S/C14H17ClO3/c1-8(2)12-10(9(3)16)7-11(15)13-14(12)18-6-4-5-17-13/h7-8H,4-6H2,1-3H3. The molecular formula is C14H17ClO3. The predicted molar refractivity (Wildman–Crippen MR) is 71.2 cm³/mol. The highest BCUT2D eigenvalue weighted by atomic mass is 35.5. The van der Waals surface area contributed by atoms with Crippen LogP contribution in [0.3, 0.4) is 0 Å². The molecular weight excluding hydrogens is 252 g/mol. The number of rotatable bonds is 2. The van der Waals surface area contributed by atoms with Crippen molar-refractivity contribution in [3.8, 4) is 11.5 Å². The van der Waals surface area contributed by atoms with Gasteiger partial charge in [0, 0.05) is 17.5 Å². The summed E-state index contributed by atoms with van der Waals surface area (Å²) in [6, 6.07) is 1.69. The first kappa shape index (κ1) is 13.2. The Morgan fingerprint density at radius 2 is 1.89 bits per heavy atom. The summed E-state index contributed by atoms with van der Waals surface area (Å²) >= 11 is 6.18. The van der Waals surface area contributed by atoms with E-state index in [9.17, 15) is 4.79 Å². The summed E-state index contributed by atoms with van der Waals surface area (Å²) in [5.74, 6) is 1.39. The fourth-order valence-corrected chi connectivity index (χ4v) is 2.42. The van der Waals surface area contributed by atoms with Crippen molar-refractivity contribution >= 4 is 17.4 Å². The number of carbonyl (C=O) groups excluding carboxylic acids is 1. The molecule has 0 bridgehead atoms. The summed E-state index contributed by atoms with van der Waals surface area (Å²) in [5.41, 5.74) is 1.52. The van der Waals surface area contributed by atoms with E-state index in [4.69, 9.17) is 21.1 Å². The normalized spacial score (nSPS) is 14.5. The van der Waals surface area contributed by atoms with Gasteiger partial charge in [-0.25, -0.2) is 0 Å². The Labute approximate surface area is 112 Å². The van der Waals surface area contributed by atoms with Crippen molar-refractivity contribution in [2.75, 3.05) is 13.2 Å². The maximum atomic E-state index is 11.7. The van der Waals surface area contributed by atoms with Gasteiger partial charge >= 0.3 is 0 Å². The largest absolute Gasteiger partial charge is 0.489 e. The van der Waals surface area contributed by atoms with Crippen molar-refractivity contribution in [1.29, 1.82) is 0 Å². The van der Waals surface area contributed by atoms with Crippen LogP contribution >= 0.6 is 11.6 Å². The van der Waals surface area contributed by atoms with E-state index in [-0.39, 0.29) is 11.7 Å². The third kappa shape index (κ3) is 2.32. The van der Waals surface area contributed by atoms with Gasteiger partial charge in [-0.2, -0.15) is 0 Å². The Hall–Kier alpha value is -1.22. The second-order valence-corrected chi connectivity index (χ2v) is 5.15. The maximum absolute atomic E-state index is 11.7. The first-order valence-corrected chi connectivity index (χ1v) is 6.53.